The molecule has 1 aromatic rings. The van der Waals surface area contributed by atoms with Gasteiger partial charge in [0.15, 0.2) is 0 Å². The Morgan fingerprint density at radius 1 is 1.45 bits per heavy atom. The number of rotatable bonds is 3. The first kappa shape index (κ1) is 14.5. The van der Waals surface area contributed by atoms with Crippen molar-refractivity contribution in [3.8, 4) is 0 Å². The lowest BCUT2D eigenvalue weighted by Gasteiger charge is -2.40. The van der Waals surface area contributed by atoms with E-state index >= 15 is 0 Å². The minimum atomic E-state index is -0.657. The highest BCUT2D eigenvalue weighted by molar-refractivity contribution is 5.87. The summed E-state index contributed by atoms with van der Waals surface area (Å²) in [5, 5.41) is 15.0. The van der Waals surface area contributed by atoms with Crippen molar-refractivity contribution < 1.29 is 9.90 Å². The fourth-order valence-corrected chi connectivity index (χ4v) is 2.26. The number of urea groups is 1. The van der Waals surface area contributed by atoms with E-state index in [2.05, 4.69) is 20.6 Å². The Morgan fingerprint density at radius 3 is 2.65 bits per heavy atom. The quantitative estimate of drug-likeness (QED) is 0.764. The van der Waals surface area contributed by atoms with E-state index in [-0.39, 0.29) is 18.0 Å². The summed E-state index contributed by atoms with van der Waals surface area (Å²) in [6, 6.07) is 1.50. The van der Waals surface area contributed by atoms with Crippen LogP contribution in [-0.2, 0) is 0 Å². The molecule has 2 amide bonds. The van der Waals surface area contributed by atoms with Crippen molar-refractivity contribution in [2.24, 2.45) is 0 Å². The SMILES string of the molecule is Cc1cc(N(C)C)nc(NC(=O)NC2CC(C)(O)C2)n1. The maximum atomic E-state index is 11.8. The second-order valence-electron chi connectivity index (χ2n) is 5.79. The van der Waals surface area contributed by atoms with Crippen molar-refractivity contribution in [3.63, 3.8) is 0 Å². The van der Waals surface area contributed by atoms with Crippen LogP contribution in [0.1, 0.15) is 25.5 Å². The molecule has 7 nitrogen and oxygen atoms in total. The minimum Gasteiger partial charge on any atom is -0.390 e. The van der Waals surface area contributed by atoms with Crippen molar-refractivity contribution in [3.05, 3.63) is 11.8 Å². The van der Waals surface area contributed by atoms with Crippen LogP contribution < -0.4 is 15.5 Å². The van der Waals surface area contributed by atoms with E-state index < -0.39 is 5.60 Å². The average Bonchev–Trinajstić information content (AvgIpc) is 2.25. The molecule has 1 fully saturated rings. The Labute approximate surface area is 118 Å². The number of amides is 2. The number of hydrogen-bond acceptors (Lipinski definition) is 5. The average molecular weight is 279 g/mol. The third-order valence-electron chi connectivity index (χ3n) is 3.23. The van der Waals surface area contributed by atoms with E-state index in [0.29, 0.717) is 12.8 Å². The zero-order valence-electron chi connectivity index (χ0n) is 12.3. The molecule has 0 unspecified atom stereocenters. The smallest absolute Gasteiger partial charge is 0.321 e. The summed E-state index contributed by atoms with van der Waals surface area (Å²) in [7, 11) is 3.75. The van der Waals surface area contributed by atoms with Gasteiger partial charge >= 0.3 is 6.03 Å². The van der Waals surface area contributed by atoms with E-state index in [1.54, 1.807) is 6.92 Å². The molecule has 0 spiro atoms. The molecule has 110 valence electrons. The molecule has 3 N–H and O–H groups in total. The summed E-state index contributed by atoms with van der Waals surface area (Å²) in [4.78, 5) is 22.1. The van der Waals surface area contributed by atoms with Crippen LogP contribution >= 0.6 is 0 Å². The number of aromatic nitrogens is 2. The lowest BCUT2D eigenvalue weighted by atomic mass is 9.77. The number of carbonyl (C=O) groups is 1. The van der Waals surface area contributed by atoms with Gasteiger partial charge in [0, 0.05) is 31.9 Å². The molecule has 1 aromatic heterocycles. The van der Waals surface area contributed by atoms with Gasteiger partial charge in [0.2, 0.25) is 5.95 Å². The van der Waals surface area contributed by atoms with E-state index in [1.807, 2.05) is 32.0 Å². The maximum absolute atomic E-state index is 11.8. The van der Waals surface area contributed by atoms with Gasteiger partial charge in [-0.05, 0) is 26.7 Å². The molecule has 2 rings (SSSR count). The molecule has 0 atom stereocenters. The molecular formula is C13H21N5O2. The Hall–Kier alpha value is -1.89. The summed E-state index contributed by atoms with van der Waals surface area (Å²) < 4.78 is 0. The standard InChI is InChI=1S/C13H21N5O2/c1-8-5-10(18(3)4)16-11(14-8)17-12(19)15-9-6-13(2,20)7-9/h5,9,20H,6-7H2,1-4H3,(H2,14,15,16,17,19). The molecule has 0 saturated heterocycles. The highest BCUT2D eigenvalue weighted by atomic mass is 16.3. The molecule has 1 aliphatic carbocycles. The van der Waals surface area contributed by atoms with Crippen LogP contribution in [0, 0.1) is 6.92 Å². The molecule has 1 heterocycles. The first-order valence-corrected chi connectivity index (χ1v) is 6.58. The van der Waals surface area contributed by atoms with Gasteiger partial charge in [-0.2, -0.15) is 4.98 Å². The third kappa shape index (κ3) is 3.57. The molecule has 1 saturated carbocycles. The van der Waals surface area contributed by atoms with Gasteiger partial charge < -0.3 is 15.3 Å². The second-order valence-corrected chi connectivity index (χ2v) is 5.79. The number of nitrogens with zero attached hydrogens (tertiary/aromatic N) is 3. The van der Waals surface area contributed by atoms with Crippen LogP contribution in [0.5, 0.6) is 0 Å². The Bertz CT molecular complexity index is 507. The van der Waals surface area contributed by atoms with Gasteiger partial charge in [0.25, 0.3) is 0 Å². The topological polar surface area (TPSA) is 90.4 Å². The van der Waals surface area contributed by atoms with Gasteiger partial charge in [0.05, 0.1) is 5.60 Å². The Balaban J connectivity index is 1.94. The van der Waals surface area contributed by atoms with E-state index in [0.717, 1.165) is 11.5 Å². The van der Waals surface area contributed by atoms with Crippen LogP contribution in [0.15, 0.2) is 6.07 Å². The number of hydrogen-bond donors (Lipinski definition) is 3. The van der Waals surface area contributed by atoms with Gasteiger partial charge in [0.1, 0.15) is 5.82 Å². The normalized spacial score (nSPS) is 24.8. The molecule has 0 bridgehead atoms. The van der Waals surface area contributed by atoms with Crippen LogP contribution in [-0.4, -0.2) is 46.8 Å². The van der Waals surface area contributed by atoms with E-state index in [9.17, 15) is 9.90 Å². The number of nitrogens with one attached hydrogen (secondary N) is 2. The maximum Gasteiger partial charge on any atom is 0.321 e. The lowest BCUT2D eigenvalue weighted by molar-refractivity contribution is -0.0351. The predicted octanol–water partition coefficient (Wildman–Crippen LogP) is 0.886. The summed E-state index contributed by atoms with van der Waals surface area (Å²) >= 11 is 0. The van der Waals surface area contributed by atoms with Crippen molar-refractivity contribution in [1.82, 2.24) is 15.3 Å². The zero-order valence-corrected chi connectivity index (χ0v) is 12.3. The van der Waals surface area contributed by atoms with Crippen LogP contribution in [0.3, 0.4) is 0 Å². The highest BCUT2D eigenvalue weighted by Crippen LogP contribution is 2.31. The van der Waals surface area contributed by atoms with Gasteiger partial charge in [-0.25, -0.2) is 9.78 Å². The van der Waals surface area contributed by atoms with Crippen LogP contribution in [0.25, 0.3) is 0 Å². The van der Waals surface area contributed by atoms with E-state index in [4.69, 9.17) is 0 Å². The zero-order chi connectivity index (χ0) is 14.9. The number of anilines is 2. The first-order chi connectivity index (χ1) is 9.25. The van der Waals surface area contributed by atoms with Crippen molar-refractivity contribution in [2.75, 3.05) is 24.3 Å². The monoisotopic (exact) mass is 279 g/mol. The summed E-state index contributed by atoms with van der Waals surface area (Å²) in [6.45, 7) is 3.61. The Kier molecular flexibility index (Phi) is 3.80. The minimum absolute atomic E-state index is 0.00290. The molecule has 0 aliphatic heterocycles. The van der Waals surface area contributed by atoms with E-state index in [1.165, 1.54) is 0 Å². The first-order valence-electron chi connectivity index (χ1n) is 6.58. The summed E-state index contributed by atoms with van der Waals surface area (Å²) in [5.41, 5.74) is 0.126. The molecule has 7 heteroatoms. The number of aryl methyl sites for hydroxylation is 1. The predicted molar refractivity (Wildman–Crippen MR) is 76.9 cm³/mol. The molecule has 1 aliphatic rings. The van der Waals surface area contributed by atoms with Crippen molar-refractivity contribution in [1.29, 1.82) is 0 Å². The molecule has 20 heavy (non-hydrogen) atoms. The van der Waals surface area contributed by atoms with Gasteiger partial charge in [-0.15, -0.1) is 0 Å². The highest BCUT2D eigenvalue weighted by Gasteiger charge is 2.39. The largest absolute Gasteiger partial charge is 0.390 e. The van der Waals surface area contributed by atoms with Crippen LogP contribution in [0.4, 0.5) is 16.6 Å². The third-order valence-corrected chi connectivity index (χ3v) is 3.23. The van der Waals surface area contributed by atoms with Gasteiger partial charge in [-0.1, -0.05) is 0 Å². The fourth-order valence-electron chi connectivity index (χ4n) is 2.26. The summed E-state index contributed by atoms with van der Waals surface area (Å²) in [5.74, 6) is 1.01. The second kappa shape index (κ2) is 5.24. The molecule has 0 radical (unpaired) electrons. The lowest BCUT2D eigenvalue weighted by Crippen LogP contribution is -2.54. The molecule has 0 aromatic carbocycles. The Morgan fingerprint density at radius 2 is 2.10 bits per heavy atom. The van der Waals surface area contributed by atoms with Crippen LogP contribution in [0.2, 0.25) is 0 Å². The van der Waals surface area contributed by atoms with Crippen molar-refractivity contribution >= 4 is 17.8 Å². The van der Waals surface area contributed by atoms with Crippen molar-refractivity contribution in [2.45, 2.75) is 38.3 Å². The number of carbonyl (C=O) groups excluding carboxylic acids is 1. The summed E-state index contributed by atoms with van der Waals surface area (Å²) in [6.07, 6.45) is 1.14. The molecular weight excluding hydrogens is 258 g/mol. The fraction of sp³-hybridized carbons (Fsp3) is 0.615. The van der Waals surface area contributed by atoms with Gasteiger partial charge in [-0.3, -0.25) is 5.32 Å². The number of aliphatic hydroxyl groups is 1.